The fraction of sp³-hybridized carbons (Fsp3) is 0.348. The third kappa shape index (κ3) is 6.71. The molecule has 3 aromatic rings. The molecular formula is C23H27F4N3O4S2. The van der Waals surface area contributed by atoms with Crippen molar-refractivity contribution in [3.63, 3.8) is 0 Å². The molecule has 0 aliphatic heterocycles. The Morgan fingerprint density at radius 3 is 2.28 bits per heavy atom. The number of nitrogens with zero attached hydrogens (tertiary/aromatic N) is 2. The average Bonchev–Trinajstić information content (AvgIpc) is 3.27. The van der Waals surface area contributed by atoms with Crippen molar-refractivity contribution in [3.05, 3.63) is 71.5 Å². The van der Waals surface area contributed by atoms with E-state index in [1.165, 1.54) is 13.0 Å². The summed E-state index contributed by atoms with van der Waals surface area (Å²) in [6, 6.07) is 4.68. The number of nitrogens with one attached hydrogen (secondary N) is 1. The zero-order valence-corrected chi connectivity index (χ0v) is 21.7. The van der Waals surface area contributed by atoms with Crippen molar-refractivity contribution in [1.29, 1.82) is 0 Å². The lowest BCUT2D eigenvalue weighted by Crippen LogP contribution is -2.35. The highest BCUT2D eigenvalue weighted by atomic mass is 32.3. The van der Waals surface area contributed by atoms with E-state index < -0.39 is 61.0 Å². The lowest BCUT2D eigenvalue weighted by molar-refractivity contribution is 0.158. The van der Waals surface area contributed by atoms with Gasteiger partial charge in [-0.3, -0.25) is 0 Å². The van der Waals surface area contributed by atoms with E-state index in [1.807, 2.05) is 0 Å². The van der Waals surface area contributed by atoms with Crippen molar-refractivity contribution < 1.29 is 35.2 Å². The largest absolute Gasteiger partial charge is 0.378 e. The van der Waals surface area contributed by atoms with Crippen LogP contribution in [0.25, 0.3) is 0 Å². The van der Waals surface area contributed by atoms with Crippen molar-refractivity contribution in [3.8, 4) is 0 Å². The Kier molecular flexibility index (Phi) is 8.57. The van der Waals surface area contributed by atoms with Gasteiger partial charge in [0.15, 0.2) is 10.7 Å². The monoisotopic (exact) mass is 549 g/mol. The third-order valence-electron chi connectivity index (χ3n) is 5.08. The molecule has 7 nitrogen and oxygen atoms in total. The van der Waals surface area contributed by atoms with Crippen LogP contribution in [0.15, 0.2) is 52.1 Å². The van der Waals surface area contributed by atoms with E-state index in [1.54, 1.807) is 0 Å². The summed E-state index contributed by atoms with van der Waals surface area (Å²) in [5, 5.41) is 6.23. The first-order chi connectivity index (χ1) is 16.8. The fourth-order valence-electron chi connectivity index (χ4n) is 3.22. The molecule has 1 N–H and O–H groups in total. The Balaban J connectivity index is 1.88. The second-order valence-corrected chi connectivity index (χ2v) is 15.2. The first-order valence-corrected chi connectivity index (χ1v) is 15.1. The number of hydrogen-bond donors (Lipinski definition) is 1. The van der Waals surface area contributed by atoms with Crippen LogP contribution in [0.1, 0.15) is 18.5 Å². The van der Waals surface area contributed by atoms with E-state index in [2.05, 4.69) is 29.2 Å². The molecule has 0 saturated carbocycles. The summed E-state index contributed by atoms with van der Waals surface area (Å²) in [5.74, 6) is -3.71. The van der Waals surface area contributed by atoms with Crippen LogP contribution >= 0.6 is 10.0 Å². The molecule has 0 saturated heterocycles. The van der Waals surface area contributed by atoms with Gasteiger partial charge in [0.25, 0.3) is 10.0 Å². The van der Waals surface area contributed by atoms with Crippen LogP contribution in [0.4, 0.5) is 29.1 Å². The summed E-state index contributed by atoms with van der Waals surface area (Å²) in [7, 11) is -5.72. The van der Waals surface area contributed by atoms with E-state index in [9.17, 15) is 17.2 Å². The van der Waals surface area contributed by atoms with Crippen LogP contribution in [-0.2, 0) is 14.8 Å². The molecule has 3 rings (SSSR count). The Hall–Kier alpha value is -2.77. The zero-order valence-electron chi connectivity index (χ0n) is 20.1. The molecule has 0 bridgehead atoms. The Morgan fingerprint density at radius 2 is 1.69 bits per heavy atom. The minimum absolute atomic E-state index is 0.0704. The van der Waals surface area contributed by atoms with Crippen LogP contribution in [0, 0.1) is 23.3 Å². The SMILES string of the molecule is C[C@H](Nc1cc(F)c(S(=O)(=O)N(COCCS(C)(C)C)c2ccon2)c(F)c1)c1cc(F)ccc1F. The minimum atomic E-state index is -4.81. The van der Waals surface area contributed by atoms with Crippen LogP contribution in [0.5, 0.6) is 0 Å². The van der Waals surface area contributed by atoms with Gasteiger partial charge in [-0.15, -0.1) is 0 Å². The standard InChI is InChI=1S/C23H27F4N3O4S2/c1-15(18-11-16(24)5-6-19(18)25)28-17-12-20(26)23(21(27)13-17)36(31,32)30(22-7-8-34-29-22)14-33-9-10-35(2,3)4/h5-8,11-13,15,28H,9-10,14H2,1-4H3/t15-/m0/s1. The summed E-state index contributed by atoms with van der Waals surface area (Å²) in [5.41, 5.74) is -0.239. The average molecular weight is 550 g/mol. The molecule has 36 heavy (non-hydrogen) atoms. The number of halogens is 4. The summed E-state index contributed by atoms with van der Waals surface area (Å²) >= 11 is 0. The van der Waals surface area contributed by atoms with Gasteiger partial charge < -0.3 is 14.6 Å². The summed E-state index contributed by atoms with van der Waals surface area (Å²) in [6.07, 6.45) is 7.30. The molecule has 0 fully saturated rings. The van der Waals surface area contributed by atoms with Crippen molar-refractivity contribution >= 4 is 31.6 Å². The lowest BCUT2D eigenvalue weighted by atomic mass is 10.1. The van der Waals surface area contributed by atoms with Crippen molar-refractivity contribution in [1.82, 2.24) is 5.16 Å². The molecule has 0 radical (unpaired) electrons. The van der Waals surface area contributed by atoms with Crippen LogP contribution in [0.2, 0.25) is 0 Å². The molecule has 0 unspecified atom stereocenters. The predicted octanol–water partition coefficient (Wildman–Crippen LogP) is 5.27. The molecule has 0 spiro atoms. The van der Waals surface area contributed by atoms with Gasteiger partial charge in [0.2, 0.25) is 0 Å². The van der Waals surface area contributed by atoms with Gasteiger partial charge in [-0.1, -0.05) is 5.16 Å². The Morgan fingerprint density at radius 1 is 1.03 bits per heavy atom. The highest BCUT2D eigenvalue weighted by molar-refractivity contribution is 8.32. The van der Waals surface area contributed by atoms with E-state index in [0.717, 1.165) is 36.6 Å². The number of aromatic nitrogens is 1. The van der Waals surface area contributed by atoms with Crippen LogP contribution < -0.4 is 9.62 Å². The van der Waals surface area contributed by atoms with Crippen LogP contribution in [0.3, 0.4) is 0 Å². The highest BCUT2D eigenvalue weighted by Crippen LogP contribution is 2.34. The molecule has 0 aliphatic carbocycles. The Bertz CT molecular complexity index is 1280. The smallest absolute Gasteiger partial charge is 0.273 e. The number of benzene rings is 2. The number of rotatable bonds is 11. The van der Waals surface area contributed by atoms with Gasteiger partial charge in [-0.05, 0) is 56.0 Å². The third-order valence-corrected chi connectivity index (χ3v) is 8.25. The molecule has 1 aromatic heterocycles. The molecule has 2 aromatic carbocycles. The Labute approximate surface area is 208 Å². The maximum atomic E-state index is 15.0. The summed E-state index contributed by atoms with van der Waals surface area (Å²) in [4.78, 5) is -1.22. The normalized spacial score (nSPS) is 13.4. The molecule has 1 heterocycles. The first kappa shape index (κ1) is 27.8. The topological polar surface area (TPSA) is 84.7 Å². The molecule has 0 amide bonds. The number of ether oxygens (including phenoxy) is 1. The minimum Gasteiger partial charge on any atom is -0.378 e. The van der Waals surface area contributed by atoms with Gasteiger partial charge in [0, 0.05) is 23.1 Å². The maximum absolute atomic E-state index is 15.0. The van der Waals surface area contributed by atoms with E-state index in [4.69, 9.17) is 9.26 Å². The van der Waals surface area contributed by atoms with Gasteiger partial charge in [0.1, 0.15) is 36.3 Å². The number of anilines is 2. The summed E-state index contributed by atoms with van der Waals surface area (Å²) < 4.78 is 95.0. The number of hydrogen-bond acceptors (Lipinski definition) is 6. The van der Waals surface area contributed by atoms with E-state index in [0.29, 0.717) is 10.1 Å². The molecule has 1 atom stereocenters. The highest BCUT2D eigenvalue weighted by Gasteiger charge is 2.33. The molecule has 13 heteroatoms. The van der Waals surface area contributed by atoms with Crippen molar-refractivity contribution in [2.75, 3.05) is 47.5 Å². The lowest BCUT2D eigenvalue weighted by Gasteiger charge is -2.26. The van der Waals surface area contributed by atoms with E-state index >= 15 is 8.78 Å². The fourth-order valence-corrected chi connectivity index (χ4v) is 5.23. The second-order valence-electron chi connectivity index (χ2n) is 8.84. The van der Waals surface area contributed by atoms with Gasteiger partial charge in [-0.25, -0.2) is 40.3 Å². The van der Waals surface area contributed by atoms with Gasteiger partial charge in [0.05, 0.1) is 12.6 Å². The molecule has 0 aliphatic rings. The van der Waals surface area contributed by atoms with E-state index in [-0.39, 0.29) is 23.7 Å². The molecular weight excluding hydrogens is 522 g/mol. The zero-order chi connectivity index (χ0) is 26.7. The number of sulfonamides is 1. The molecule has 198 valence electrons. The van der Waals surface area contributed by atoms with Gasteiger partial charge in [-0.2, -0.15) is 0 Å². The van der Waals surface area contributed by atoms with Gasteiger partial charge >= 0.3 is 0 Å². The van der Waals surface area contributed by atoms with Crippen molar-refractivity contribution in [2.45, 2.75) is 17.9 Å². The predicted molar refractivity (Wildman–Crippen MR) is 132 cm³/mol. The maximum Gasteiger partial charge on any atom is 0.273 e. The van der Waals surface area contributed by atoms with Crippen molar-refractivity contribution in [2.24, 2.45) is 0 Å². The van der Waals surface area contributed by atoms with Crippen LogP contribution in [-0.4, -0.2) is 51.4 Å². The summed E-state index contributed by atoms with van der Waals surface area (Å²) in [6.45, 7) is 1.14. The second kappa shape index (κ2) is 11.1. The first-order valence-electron chi connectivity index (χ1n) is 10.7. The quantitative estimate of drug-likeness (QED) is 0.199.